The lowest BCUT2D eigenvalue weighted by Crippen LogP contribution is -2.03. The van der Waals surface area contributed by atoms with Crippen molar-refractivity contribution in [1.29, 1.82) is 0 Å². The van der Waals surface area contributed by atoms with Crippen molar-refractivity contribution in [3.8, 4) is 11.8 Å². The topological polar surface area (TPSA) is 38.0 Å². The fourth-order valence-corrected chi connectivity index (χ4v) is 2.71. The van der Waals surface area contributed by atoms with E-state index < -0.39 is 0 Å². The first-order valence-electron chi connectivity index (χ1n) is 6.51. The number of thiophene rings is 1. The molecule has 0 amide bonds. The molecule has 0 aliphatic heterocycles. The molecule has 2 heterocycles. The van der Waals surface area contributed by atoms with Gasteiger partial charge in [0, 0.05) is 35.7 Å². The predicted molar refractivity (Wildman–Crippen MR) is 78.2 cm³/mol. The average Bonchev–Trinajstić information content (AvgIpc) is 3.02. The second-order valence-corrected chi connectivity index (χ2v) is 5.25. The van der Waals surface area contributed by atoms with Gasteiger partial charge in [-0.05, 0) is 17.9 Å². The van der Waals surface area contributed by atoms with Gasteiger partial charge >= 0.3 is 0 Å². The van der Waals surface area contributed by atoms with Crippen LogP contribution in [0, 0.1) is 11.8 Å². The highest BCUT2D eigenvalue weighted by Crippen LogP contribution is 2.18. The largest absolute Gasteiger partial charge is 0.395 e. The number of aryl methyl sites for hydroxylation is 1. The molecule has 0 aliphatic rings. The van der Waals surface area contributed by atoms with Crippen molar-refractivity contribution in [1.82, 2.24) is 9.55 Å². The normalized spacial score (nSPS) is 10.2. The van der Waals surface area contributed by atoms with Crippen LogP contribution in [0.5, 0.6) is 0 Å². The van der Waals surface area contributed by atoms with E-state index in [-0.39, 0.29) is 6.61 Å². The summed E-state index contributed by atoms with van der Waals surface area (Å²) in [5.41, 5.74) is 1.06. The van der Waals surface area contributed by atoms with Gasteiger partial charge in [-0.1, -0.05) is 18.8 Å². The summed E-state index contributed by atoms with van der Waals surface area (Å²) < 4.78 is 2.19. The molecule has 0 fully saturated rings. The zero-order valence-corrected chi connectivity index (χ0v) is 11.9. The minimum absolute atomic E-state index is 0.120. The number of hydrogen-bond donors (Lipinski definition) is 1. The molecule has 4 heteroatoms. The van der Waals surface area contributed by atoms with Crippen molar-refractivity contribution in [2.45, 2.75) is 32.7 Å². The van der Waals surface area contributed by atoms with Crippen molar-refractivity contribution in [3.05, 3.63) is 40.1 Å². The third-order valence-electron chi connectivity index (χ3n) is 2.79. The highest BCUT2D eigenvalue weighted by Gasteiger charge is 2.06. The van der Waals surface area contributed by atoms with Crippen molar-refractivity contribution in [3.63, 3.8) is 0 Å². The summed E-state index contributed by atoms with van der Waals surface area (Å²) in [5, 5.41) is 10.8. The van der Waals surface area contributed by atoms with Crippen LogP contribution >= 0.6 is 11.3 Å². The lowest BCUT2D eigenvalue weighted by atomic mass is 10.2. The molecule has 0 bridgehead atoms. The first kappa shape index (κ1) is 13.9. The zero-order valence-electron chi connectivity index (χ0n) is 11.1. The molecule has 2 rings (SSSR count). The number of rotatable bonds is 5. The monoisotopic (exact) mass is 274 g/mol. The van der Waals surface area contributed by atoms with Gasteiger partial charge in [0.05, 0.1) is 13.2 Å². The fraction of sp³-hybridized carbons (Fsp3) is 0.400. The Bertz CT molecular complexity index is 574. The predicted octanol–water partition coefficient (Wildman–Crippen LogP) is 2.68. The third kappa shape index (κ3) is 3.69. The quantitative estimate of drug-likeness (QED) is 0.851. The molecule has 100 valence electrons. The molecule has 0 saturated carbocycles. The van der Waals surface area contributed by atoms with Gasteiger partial charge in [0.25, 0.3) is 0 Å². The van der Waals surface area contributed by atoms with Gasteiger partial charge in [0.1, 0.15) is 5.82 Å². The van der Waals surface area contributed by atoms with Crippen LogP contribution in [0.2, 0.25) is 0 Å². The molecule has 0 unspecified atom stereocenters. The van der Waals surface area contributed by atoms with Crippen LogP contribution in [0.25, 0.3) is 0 Å². The number of aliphatic hydroxyl groups excluding tert-OH is 1. The highest BCUT2D eigenvalue weighted by molar-refractivity contribution is 7.10. The second kappa shape index (κ2) is 7.13. The number of aliphatic hydroxyl groups is 1. The Morgan fingerprint density at radius 2 is 2.37 bits per heavy atom. The highest BCUT2D eigenvalue weighted by atomic mass is 32.1. The summed E-state index contributed by atoms with van der Waals surface area (Å²) in [6.45, 7) is 3.11. The van der Waals surface area contributed by atoms with E-state index in [4.69, 9.17) is 5.11 Å². The van der Waals surface area contributed by atoms with Gasteiger partial charge in [0.2, 0.25) is 0 Å². The summed E-state index contributed by atoms with van der Waals surface area (Å²) in [6.07, 6.45) is 6.52. The van der Waals surface area contributed by atoms with E-state index in [0.717, 1.165) is 30.8 Å². The summed E-state index contributed by atoms with van der Waals surface area (Å²) in [7, 11) is 0. The minimum Gasteiger partial charge on any atom is -0.395 e. The van der Waals surface area contributed by atoms with Gasteiger partial charge in [-0.3, -0.25) is 0 Å². The Kier molecular flexibility index (Phi) is 5.20. The Balaban J connectivity index is 2.13. The van der Waals surface area contributed by atoms with Crippen molar-refractivity contribution in [2.75, 3.05) is 6.61 Å². The SMILES string of the molecule is CCCc1nccn1Cc1sccc1C#CCCO. The maximum Gasteiger partial charge on any atom is 0.108 e. The van der Waals surface area contributed by atoms with E-state index in [1.165, 1.54) is 4.88 Å². The molecule has 3 nitrogen and oxygen atoms in total. The first-order valence-corrected chi connectivity index (χ1v) is 7.39. The molecule has 19 heavy (non-hydrogen) atoms. The summed E-state index contributed by atoms with van der Waals surface area (Å²) in [4.78, 5) is 5.64. The molecule has 0 atom stereocenters. The van der Waals surface area contributed by atoms with Crippen LogP contribution in [0.15, 0.2) is 23.8 Å². The van der Waals surface area contributed by atoms with Crippen LogP contribution < -0.4 is 0 Å². The van der Waals surface area contributed by atoms with Crippen LogP contribution in [-0.2, 0) is 13.0 Å². The molecule has 1 N–H and O–H groups in total. The third-order valence-corrected chi connectivity index (χ3v) is 3.70. The Hall–Kier alpha value is -1.57. The number of nitrogens with zero attached hydrogens (tertiary/aromatic N) is 2. The Labute approximate surface area is 117 Å². The molecule has 2 aromatic rings. The molecule has 0 aliphatic carbocycles. The summed E-state index contributed by atoms with van der Waals surface area (Å²) in [5.74, 6) is 7.23. The Morgan fingerprint density at radius 3 is 3.16 bits per heavy atom. The lowest BCUT2D eigenvalue weighted by molar-refractivity contribution is 0.305. The van der Waals surface area contributed by atoms with Gasteiger partial charge in [0.15, 0.2) is 0 Å². The molecule has 0 saturated heterocycles. The van der Waals surface area contributed by atoms with Crippen molar-refractivity contribution < 1.29 is 5.11 Å². The zero-order chi connectivity index (χ0) is 13.5. The van der Waals surface area contributed by atoms with E-state index in [0.29, 0.717) is 6.42 Å². The molecule has 0 radical (unpaired) electrons. The maximum atomic E-state index is 8.75. The summed E-state index contributed by atoms with van der Waals surface area (Å²) >= 11 is 1.72. The van der Waals surface area contributed by atoms with Crippen LogP contribution in [0.4, 0.5) is 0 Å². The van der Waals surface area contributed by atoms with E-state index >= 15 is 0 Å². The molecular weight excluding hydrogens is 256 g/mol. The van der Waals surface area contributed by atoms with Crippen LogP contribution in [0.1, 0.15) is 36.0 Å². The molecule has 2 aromatic heterocycles. The van der Waals surface area contributed by atoms with Gasteiger partial charge in [-0.25, -0.2) is 4.98 Å². The number of hydrogen-bond acceptors (Lipinski definition) is 3. The number of imidazole rings is 1. The van der Waals surface area contributed by atoms with Crippen LogP contribution in [-0.4, -0.2) is 21.3 Å². The minimum atomic E-state index is 0.120. The smallest absolute Gasteiger partial charge is 0.108 e. The molecular formula is C15H18N2OS. The van der Waals surface area contributed by atoms with E-state index in [9.17, 15) is 0 Å². The van der Waals surface area contributed by atoms with Crippen LogP contribution in [0.3, 0.4) is 0 Å². The number of aromatic nitrogens is 2. The molecule has 0 spiro atoms. The van der Waals surface area contributed by atoms with Gasteiger partial charge in [-0.2, -0.15) is 0 Å². The second-order valence-electron chi connectivity index (χ2n) is 4.25. The van der Waals surface area contributed by atoms with Gasteiger partial charge in [-0.15, -0.1) is 11.3 Å². The average molecular weight is 274 g/mol. The van der Waals surface area contributed by atoms with Crippen molar-refractivity contribution in [2.24, 2.45) is 0 Å². The van der Waals surface area contributed by atoms with E-state index in [1.54, 1.807) is 11.3 Å². The van der Waals surface area contributed by atoms with E-state index in [2.05, 4.69) is 33.7 Å². The van der Waals surface area contributed by atoms with Gasteiger partial charge < -0.3 is 9.67 Å². The molecule has 0 aromatic carbocycles. The summed E-state index contributed by atoms with van der Waals surface area (Å²) in [6, 6.07) is 2.04. The standard InChI is InChI=1S/C15H18N2OS/c1-2-5-15-16-8-9-17(15)12-14-13(7-11-19-14)6-3-4-10-18/h7-9,11,18H,2,4-5,10,12H2,1H3. The first-order chi connectivity index (χ1) is 9.35. The maximum absolute atomic E-state index is 8.75. The lowest BCUT2D eigenvalue weighted by Gasteiger charge is -2.06. The van der Waals surface area contributed by atoms with Crippen molar-refractivity contribution >= 4 is 11.3 Å². The van der Waals surface area contributed by atoms with E-state index in [1.807, 2.05) is 18.5 Å². The Morgan fingerprint density at radius 1 is 1.47 bits per heavy atom. The fourth-order valence-electron chi connectivity index (χ4n) is 1.88.